The SMILES string of the molecule is CC(=O)c1cc2c(nc1C)-c1cc(C)ccc1OC2O. The molecule has 0 spiro atoms. The molecule has 1 unspecified atom stereocenters. The van der Waals surface area contributed by atoms with Gasteiger partial charge < -0.3 is 9.84 Å². The van der Waals surface area contributed by atoms with Gasteiger partial charge in [0.25, 0.3) is 0 Å². The summed E-state index contributed by atoms with van der Waals surface area (Å²) in [7, 11) is 0. The lowest BCUT2D eigenvalue weighted by Gasteiger charge is -2.25. The molecule has 1 aliphatic heterocycles. The summed E-state index contributed by atoms with van der Waals surface area (Å²) in [6.07, 6.45) is -1.09. The molecular formula is C16H15NO3. The maximum Gasteiger partial charge on any atom is 0.226 e. The summed E-state index contributed by atoms with van der Waals surface area (Å²) in [6, 6.07) is 7.40. The van der Waals surface area contributed by atoms with Crippen molar-refractivity contribution in [3.63, 3.8) is 0 Å². The van der Waals surface area contributed by atoms with Crippen molar-refractivity contribution in [2.45, 2.75) is 27.1 Å². The maximum atomic E-state index is 11.6. The molecule has 2 heterocycles. The molecule has 20 heavy (non-hydrogen) atoms. The van der Waals surface area contributed by atoms with Crippen LogP contribution in [0.5, 0.6) is 5.75 Å². The highest BCUT2D eigenvalue weighted by atomic mass is 16.6. The van der Waals surface area contributed by atoms with Crippen LogP contribution in [0.4, 0.5) is 0 Å². The van der Waals surface area contributed by atoms with E-state index in [0.29, 0.717) is 28.3 Å². The number of rotatable bonds is 1. The first-order valence-corrected chi connectivity index (χ1v) is 6.45. The van der Waals surface area contributed by atoms with E-state index < -0.39 is 6.29 Å². The number of benzene rings is 1. The zero-order chi connectivity index (χ0) is 14.4. The fraction of sp³-hybridized carbons (Fsp3) is 0.250. The minimum Gasteiger partial charge on any atom is -0.460 e. The molecule has 0 amide bonds. The first-order valence-electron chi connectivity index (χ1n) is 6.45. The van der Waals surface area contributed by atoms with Crippen molar-refractivity contribution in [2.75, 3.05) is 0 Å². The molecule has 0 bridgehead atoms. The second-order valence-corrected chi connectivity index (χ2v) is 5.09. The van der Waals surface area contributed by atoms with E-state index in [9.17, 15) is 9.90 Å². The summed E-state index contributed by atoms with van der Waals surface area (Å²) < 4.78 is 5.49. The third-order valence-electron chi connectivity index (χ3n) is 3.52. The van der Waals surface area contributed by atoms with Gasteiger partial charge in [-0.3, -0.25) is 9.78 Å². The Kier molecular flexibility index (Phi) is 2.83. The zero-order valence-corrected chi connectivity index (χ0v) is 11.6. The number of aryl methyl sites for hydroxylation is 2. The van der Waals surface area contributed by atoms with Gasteiger partial charge in [0.05, 0.1) is 5.69 Å². The molecule has 1 atom stereocenters. The molecule has 0 saturated carbocycles. The predicted molar refractivity (Wildman–Crippen MR) is 74.7 cm³/mol. The number of carbonyl (C=O) groups is 1. The largest absolute Gasteiger partial charge is 0.460 e. The molecule has 1 aromatic heterocycles. The Balaban J connectivity index is 2.29. The van der Waals surface area contributed by atoms with E-state index in [0.717, 1.165) is 11.1 Å². The van der Waals surface area contributed by atoms with Crippen molar-refractivity contribution in [3.05, 3.63) is 46.6 Å². The third kappa shape index (κ3) is 1.89. The number of hydrogen-bond donors (Lipinski definition) is 1. The molecule has 102 valence electrons. The highest BCUT2D eigenvalue weighted by Crippen LogP contribution is 2.41. The number of Topliss-reactive ketones (excluding diaryl/α,β-unsaturated/α-hetero) is 1. The minimum absolute atomic E-state index is 0.0694. The maximum absolute atomic E-state index is 11.6. The van der Waals surface area contributed by atoms with Gasteiger partial charge in [-0.25, -0.2) is 0 Å². The lowest BCUT2D eigenvalue weighted by molar-refractivity contribution is -0.0216. The summed E-state index contributed by atoms with van der Waals surface area (Å²) in [4.78, 5) is 16.1. The number of carbonyl (C=O) groups excluding carboxylic acids is 1. The van der Waals surface area contributed by atoms with Gasteiger partial charge in [-0.05, 0) is 39.0 Å². The number of fused-ring (bicyclic) bond motifs is 3. The molecule has 0 radical (unpaired) electrons. The first-order chi connectivity index (χ1) is 9.47. The first kappa shape index (κ1) is 12.8. The average molecular weight is 269 g/mol. The van der Waals surface area contributed by atoms with Crippen molar-refractivity contribution >= 4 is 5.78 Å². The Morgan fingerprint density at radius 3 is 2.75 bits per heavy atom. The summed E-state index contributed by atoms with van der Waals surface area (Å²) in [6.45, 7) is 5.28. The second kappa shape index (κ2) is 4.42. The summed E-state index contributed by atoms with van der Waals surface area (Å²) in [5.41, 5.74) is 4.34. The number of aromatic nitrogens is 1. The number of aliphatic hydroxyl groups excluding tert-OH is 1. The van der Waals surface area contributed by atoms with Crippen molar-refractivity contribution < 1.29 is 14.6 Å². The van der Waals surface area contributed by atoms with E-state index in [1.165, 1.54) is 6.92 Å². The van der Waals surface area contributed by atoms with Gasteiger partial charge in [0.15, 0.2) is 5.78 Å². The van der Waals surface area contributed by atoms with E-state index in [2.05, 4.69) is 4.98 Å². The summed E-state index contributed by atoms with van der Waals surface area (Å²) in [5, 5.41) is 10.1. The quantitative estimate of drug-likeness (QED) is 0.809. The number of pyridine rings is 1. The second-order valence-electron chi connectivity index (χ2n) is 5.09. The fourth-order valence-electron chi connectivity index (χ4n) is 2.50. The van der Waals surface area contributed by atoms with Gasteiger partial charge in [0.1, 0.15) is 5.75 Å². The average Bonchev–Trinajstić information content (AvgIpc) is 2.39. The van der Waals surface area contributed by atoms with Gasteiger partial charge in [-0.2, -0.15) is 0 Å². The highest BCUT2D eigenvalue weighted by molar-refractivity contribution is 5.96. The van der Waals surface area contributed by atoms with Crippen LogP contribution in [0.25, 0.3) is 11.3 Å². The molecule has 0 saturated heterocycles. The van der Waals surface area contributed by atoms with Gasteiger partial charge in [-0.15, -0.1) is 0 Å². The molecule has 1 aromatic carbocycles. The third-order valence-corrected chi connectivity index (χ3v) is 3.52. The Labute approximate surface area is 117 Å². The van der Waals surface area contributed by atoms with Crippen LogP contribution in [0.15, 0.2) is 24.3 Å². The summed E-state index contributed by atoms with van der Waals surface area (Å²) in [5.74, 6) is 0.540. The highest BCUT2D eigenvalue weighted by Gasteiger charge is 2.27. The number of hydrogen-bond acceptors (Lipinski definition) is 4. The van der Waals surface area contributed by atoms with Crippen LogP contribution in [0.2, 0.25) is 0 Å². The molecule has 2 aromatic rings. The van der Waals surface area contributed by atoms with Crippen LogP contribution < -0.4 is 4.74 Å². The van der Waals surface area contributed by atoms with Crippen LogP contribution in [-0.4, -0.2) is 15.9 Å². The number of nitrogens with zero attached hydrogens (tertiary/aromatic N) is 1. The van der Waals surface area contributed by atoms with E-state index >= 15 is 0 Å². The number of aliphatic hydroxyl groups is 1. The van der Waals surface area contributed by atoms with E-state index in [1.54, 1.807) is 13.0 Å². The topological polar surface area (TPSA) is 59.4 Å². The Morgan fingerprint density at radius 2 is 2.05 bits per heavy atom. The Hall–Kier alpha value is -2.20. The molecule has 1 N–H and O–H groups in total. The molecule has 1 aliphatic rings. The molecule has 3 rings (SSSR count). The van der Waals surface area contributed by atoms with Crippen molar-refractivity contribution in [2.24, 2.45) is 0 Å². The molecular weight excluding hydrogens is 254 g/mol. The number of ketones is 1. The van der Waals surface area contributed by atoms with Crippen LogP contribution in [0, 0.1) is 13.8 Å². The van der Waals surface area contributed by atoms with Crippen LogP contribution in [0.3, 0.4) is 0 Å². The molecule has 4 nitrogen and oxygen atoms in total. The van der Waals surface area contributed by atoms with Crippen molar-refractivity contribution in [3.8, 4) is 17.0 Å². The van der Waals surface area contributed by atoms with E-state index in [-0.39, 0.29) is 5.78 Å². The van der Waals surface area contributed by atoms with Gasteiger partial charge in [-0.1, -0.05) is 11.6 Å². The van der Waals surface area contributed by atoms with Gasteiger partial charge >= 0.3 is 0 Å². The van der Waals surface area contributed by atoms with Gasteiger partial charge in [0.2, 0.25) is 6.29 Å². The fourth-order valence-corrected chi connectivity index (χ4v) is 2.50. The molecule has 0 fully saturated rings. The summed E-state index contributed by atoms with van der Waals surface area (Å²) >= 11 is 0. The zero-order valence-electron chi connectivity index (χ0n) is 11.6. The standard InChI is InChI=1S/C16H15NO3/c1-8-4-5-14-12(6-8)15-13(16(19)20-14)7-11(10(3)18)9(2)17-15/h4-7,16,19H,1-3H3. The molecule has 0 aliphatic carbocycles. The Bertz CT molecular complexity index is 722. The van der Waals surface area contributed by atoms with E-state index in [4.69, 9.17) is 4.74 Å². The van der Waals surface area contributed by atoms with Crippen LogP contribution in [-0.2, 0) is 0 Å². The van der Waals surface area contributed by atoms with Gasteiger partial charge in [0, 0.05) is 22.4 Å². The number of ether oxygens (including phenoxy) is 1. The monoisotopic (exact) mass is 269 g/mol. The minimum atomic E-state index is -1.09. The lowest BCUT2D eigenvalue weighted by Crippen LogP contribution is -2.16. The van der Waals surface area contributed by atoms with Crippen LogP contribution in [0.1, 0.15) is 40.4 Å². The lowest BCUT2D eigenvalue weighted by atomic mass is 9.96. The smallest absolute Gasteiger partial charge is 0.226 e. The van der Waals surface area contributed by atoms with Crippen molar-refractivity contribution in [1.29, 1.82) is 0 Å². The Morgan fingerprint density at radius 1 is 1.30 bits per heavy atom. The molecule has 4 heteroatoms. The normalized spacial score (nSPS) is 16.1. The van der Waals surface area contributed by atoms with E-state index in [1.807, 2.05) is 25.1 Å². The van der Waals surface area contributed by atoms with Crippen LogP contribution >= 0.6 is 0 Å². The van der Waals surface area contributed by atoms with Crippen molar-refractivity contribution in [1.82, 2.24) is 4.98 Å². The predicted octanol–water partition coefficient (Wildman–Crippen LogP) is 2.95.